The minimum Gasteiger partial charge on any atom is -0.398 e. The first-order chi connectivity index (χ1) is 8.38. The van der Waals surface area contributed by atoms with Gasteiger partial charge in [-0.25, -0.2) is 13.1 Å². The van der Waals surface area contributed by atoms with Crippen LogP contribution in [0, 0.1) is 13.8 Å². The molecule has 0 unspecified atom stereocenters. The number of nitrogens with one attached hydrogen (secondary N) is 1. The summed E-state index contributed by atoms with van der Waals surface area (Å²) >= 11 is 0. The molecule has 0 aliphatic carbocycles. The van der Waals surface area contributed by atoms with Crippen LogP contribution in [0.2, 0.25) is 0 Å². The van der Waals surface area contributed by atoms with Crippen molar-refractivity contribution < 1.29 is 12.9 Å². The molecule has 0 aliphatic rings. The largest absolute Gasteiger partial charge is 0.398 e. The Kier molecular flexibility index (Phi) is 3.00. The number of hydrogen-bond donors (Lipinski definition) is 2. The molecule has 1 aromatic carbocycles. The monoisotopic (exact) mass is 267 g/mol. The average molecular weight is 267 g/mol. The second kappa shape index (κ2) is 4.34. The lowest BCUT2D eigenvalue weighted by molar-refractivity contribution is 0.430. The minimum atomic E-state index is -3.76. The molecule has 6 nitrogen and oxygen atoms in total. The molecule has 2 rings (SSSR count). The summed E-state index contributed by atoms with van der Waals surface area (Å²) in [6.07, 6.45) is 0. The van der Waals surface area contributed by atoms with Crippen LogP contribution in [0.1, 0.15) is 11.3 Å². The fourth-order valence-corrected chi connectivity index (χ4v) is 2.60. The summed E-state index contributed by atoms with van der Waals surface area (Å²) in [5, 5.41) is 3.60. The van der Waals surface area contributed by atoms with Crippen LogP contribution in [0.5, 0.6) is 0 Å². The quantitative estimate of drug-likeness (QED) is 0.824. The van der Waals surface area contributed by atoms with Crippen LogP contribution in [0.4, 0.5) is 11.6 Å². The second-order valence-corrected chi connectivity index (χ2v) is 5.63. The molecule has 0 bridgehead atoms. The van der Waals surface area contributed by atoms with Crippen molar-refractivity contribution in [1.82, 2.24) is 5.16 Å². The number of rotatable bonds is 3. The van der Waals surface area contributed by atoms with Crippen molar-refractivity contribution in [2.45, 2.75) is 18.7 Å². The molecular formula is C11H13N3O3S. The fourth-order valence-electron chi connectivity index (χ4n) is 1.51. The Hall–Kier alpha value is -2.02. The lowest BCUT2D eigenvalue weighted by atomic mass is 10.2. The van der Waals surface area contributed by atoms with Crippen molar-refractivity contribution >= 4 is 21.6 Å². The number of nitrogens with two attached hydrogens (primary N) is 1. The Morgan fingerprint density at radius 2 is 2.00 bits per heavy atom. The summed E-state index contributed by atoms with van der Waals surface area (Å²) in [7, 11) is -3.76. The zero-order valence-electron chi connectivity index (χ0n) is 9.97. The van der Waals surface area contributed by atoms with Gasteiger partial charge >= 0.3 is 0 Å². The third-order valence-electron chi connectivity index (χ3n) is 2.32. The standard InChI is InChI=1S/C11H13N3O3S/c1-7-3-4-10(9(12)5-7)18(15,16)14-11-6-8(2)13-17-11/h3-6,14H,12H2,1-2H3. The number of nitrogens with zero attached hydrogens (tertiary/aromatic N) is 1. The van der Waals surface area contributed by atoms with Gasteiger partial charge in [0.05, 0.1) is 11.4 Å². The highest BCUT2D eigenvalue weighted by atomic mass is 32.2. The first-order valence-electron chi connectivity index (χ1n) is 5.21. The van der Waals surface area contributed by atoms with Crippen molar-refractivity contribution in [2.75, 3.05) is 10.5 Å². The minimum absolute atomic E-state index is 0.0159. The van der Waals surface area contributed by atoms with Gasteiger partial charge < -0.3 is 10.3 Å². The molecule has 3 N–H and O–H groups in total. The van der Waals surface area contributed by atoms with Crippen LogP contribution in [0.25, 0.3) is 0 Å². The molecule has 0 amide bonds. The summed E-state index contributed by atoms with van der Waals surface area (Å²) in [5.41, 5.74) is 7.37. The van der Waals surface area contributed by atoms with E-state index in [1.807, 2.05) is 6.92 Å². The molecular weight excluding hydrogens is 254 g/mol. The van der Waals surface area contributed by atoms with E-state index in [1.165, 1.54) is 12.1 Å². The molecule has 0 radical (unpaired) electrons. The second-order valence-electron chi connectivity index (χ2n) is 3.98. The summed E-state index contributed by atoms with van der Waals surface area (Å²) in [6.45, 7) is 3.53. The molecule has 1 heterocycles. The molecule has 0 saturated carbocycles. The number of nitrogen functional groups attached to an aromatic ring is 1. The Morgan fingerprint density at radius 1 is 1.28 bits per heavy atom. The van der Waals surface area contributed by atoms with E-state index in [0.29, 0.717) is 5.69 Å². The van der Waals surface area contributed by atoms with Crippen molar-refractivity contribution in [2.24, 2.45) is 0 Å². The lowest BCUT2D eigenvalue weighted by Crippen LogP contribution is -2.14. The van der Waals surface area contributed by atoms with Gasteiger partial charge in [-0.3, -0.25) is 0 Å². The first kappa shape index (κ1) is 12.4. The van der Waals surface area contributed by atoms with E-state index in [9.17, 15) is 8.42 Å². The number of sulfonamides is 1. The molecule has 96 valence electrons. The number of aromatic nitrogens is 1. The maximum atomic E-state index is 12.1. The Labute approximate surface area is 105 Å². The van der Waals surface area contributed by atoms with E-state index in [2.05, 4.69) is 9.88 Å². The van der Waals surface area contributed by atoms with E-state index >= 15 is 0 Å². The zero-order chi connectivity index (χ0) is 13.3. The number of aryl methyl sites for hydroxylation is 2. The molecule has 7 heteroatoms. The maximum absolute atomic E-state index is 12.1. The van der Waals surface area contributed by atoms with Crippen molar-refractivity contribution in [3.05, 3.63) is 35.5 Å². The van der Waals surface area contributed by atoms with Crippen molar-refractivity contribution in [3.63, 3.8) is 0 Å². The molecule has 1 aromatic heterocycles. The highest BCUT2D eigenvalue weighted by Crippen LogP contribution is 2.22. The number of benzene rings is 1. The first-order valence-corrected chi connectivity index (χ1v) is 6.69. The van der Waals surface area contributed by atoms with Crippen LogP contribution in [0.15, 0.2) is 33.7 Å². The number of hydrogen-bond acceptors (Lipinski definition) is 5. The highest BCUT2D eigenvalue weighted by molar-refractivity contribution is 7.92. The predicted octanol–water partition coefficient (Wildman–Crippen LogP) is 1.67. The van der Waals surface area contributed by atoms with Gasteiger partial charge in [0.25, 0.3) is 10.0 Å². The SMILES string of the molecule is Cc1ccc(S(=O)(=O)Nc2cc(C)no2)c(N)c1. The van der Waals surface area contributed by atoms with Gasteiger partial charge in [-0.15, -0.1) is 0 Å². The fraction of sp³-hybridized carbons (Fsp3) is 0.182. The molecule has 0 aliphatic heterocycles. The van der Waals surface area contributed by atoms with Crippen LogP contribution in [-0.2, 0) is 10.0 Å². The predicted molar refractivity (Wildman–Crippen MR) is 67.6 cm³/mol. The van der Waals surface area contributed by atoms with Gasteiger partial charge in [0.1, 0.15) is 4.90 Å². The smallest absolute Gasteiger partial charge is 0.266 e. The van der Waals surface area contributed by atoms with E-state index in [-0.39, 0.29) is 16.5 Å². The summed E-state index contributed by atoms with van der Waals surface area (Å²) in [6, 6.07) is 6.22. The molecule has 0 spiro atoms. The van der Waals surface area contributed by atoms with Crippen molar-refractivity contribution in [1.29, 1.82) is 0 Å². The van der Waals surface area contributed by atoms with E-state index in [1.54, 1.807) is 19.1 Å². The third kappa shape index (κ3) is 2.45. The third-order valence-corrected chi connectivity index (χ3v) is 3.74. The maximum Gasteiger partial charge on any atom is 0.266 e. The molecule has 18 heavy (non-hydrogen) atoms. The Balaban J connectivity index is 2.36. The topological polar surface area (TPSA) is 98.2 Å². The van der Waals surface area contributed by atoms with Gasteiger partial charge in [-0.1, -0.05) is 11.2 Å². The van der Waals surface area contributed by atoms with E-state index < -0.39 is 10.0 Å². The van der Waals surface area contributed by atoms with Gasteiger partial charge in [-0.2, -0.15) is 0 Å². The zero-order valence-corrected chi connectivity index (χ0v) is 10.8. The van der Waals surface area contributed by atoms with Crippen LogP contribution in [0.3, 0.4) is 0 Å². The Morgan fingerprint density at radius 3 is 2.56 bits per heavy atom. The Bertz CT molecular complexity index is 677. The molecule has 0 saturated heterocycles. The highest BCUT2D eigenvalue weighted by Gasteiger charge is 2.19. The van der Waals surface area contributed by atoms with Gasteiger partial charge in [-0.05, 0) is 31.5 Å². The normalized spacial score (nSPS) is 11.4. The van der Waals surface area contributed by atoms with Crippen molar-refractivity contribution in [3.8, 4) is 0 Å². The van der Waals surface area contributed by atoms with Crippen LogP contribution < -0.4 is 10.5 Å². The lowest BCUT2D eigenvalue weighted by Gasteiger charge is -2.08. The number of anilines is 2. The van der Waals surface area contributed by atoms with E-state index in [0.717, 1.165) is 5.56 Å². The summed E-state index contributed by atoms with van der Waals surface area (Å²) in [5.74, 6) is 0.0625. The van der Waals surface area contributed by atoms with Gasteiger partial charge in [0.2, 0.25) is 5.88 Å². The van der Waals surface area contributed by atoms with Crippen LogP contribution in [-0.4, -0.2) is 13.6 Å². The van der Waals surface area contributed by atoms with Gasteiger partial charge in [0.15, 0.2) is 0 Å². The van der Waals surface area contributed by atoms with Crippen LogP contribution >= 0.6 is 0 Å². The average Bonchev–Trinajstić information content (AvgIpc) is 2.62. The summed E-state index contributed by atoms with van der Waals surface area (Å²) < 4.78 is 31.2. The molecule has 2 aromatic rings. The summed E-state index contributed by atoms with van der Waals surface area (Å²) in [4.78, 5) is 0.0159. The van der Waals surface area contributed by atoms with Gasteiger partial charge in [0, 0.05) is 6.07 Å². The molecule has 0 atom stereocenters. The molecule has 0 fully saturated rings. The van der Waals surface area contributed by atoms with E-state index in [4.69, 9.17) is 10.3 Å².